The van der Waals surface area contributed by atoms with Crippen molar-refractivity contribution in [2.75, 3.05) is 0 Å². The van der Waals surface area contributed by atoms with Gasteiger partial charge in [-0.15, -0.1) is 0 Å². The lowest BCUT2D eigenvalue weighted by atomic mass is 10.1. The number of alkyl halides is 2. The zero-order chi connectivity index (χ0) is 18.9. The Labute approximate surface area is 156 Å². The Hall–Kier alpha value is -1.92. The Kier molecular flexibility index (Phi) is 5.08. The maximum Gasteiger partial charge on any atom is 0.399 e. The fraction of sp³-hybridized carbons (Fsp3) is 0.0556. The van der Waals surface area contributed by atoms with Crippen LogP contribution in [-0.4, -0.2) is 14.8 Å². The van der Waals surface area contributed by atoms with Crippen molar-refractivity contribution < 1.29 is 23.1 Å². The number of hydrogen-bond donors (Lipinski definition) is 2. The molecule has 0 bridgehead atoms. The smallest absolute Gasteiger partial charge is 0.320 e. The molecule has 1 heterocycles. The van der Waals surface area contributed by atoms with Crippen LogP contribution < -0.4 is 0 Å². The van der Waals surface area contributed by atoms with E-state index >= 15 is 0 Å². The molecule has 0 aliphatic carbocycles. The molecule has 8 heteroatoms. The molecule has 0 fully saturated rings. The predicted octanol–water partition coefficient (Wildman–Crippen LogP) is 5.39. The van der Waals surface area contributed by atoms with Gasteiger partial charge >= 0.3 is 13.3 Å². The molecule has 26 heavy (non-hydrogen) atoms. The Morgan fingerprint density at radius 1 is 1.04 bits per heavy atom. The molecule has 3 rings (SSSR count). The van der Waals surface area contributed by atoms with E-state index in [0.29, 0.717) is 11.1 Å². The number of hydrogen-bond acceptors (Lipinski definition) is 2. The van der Waals surface area contributed by atoms with E-state index in [9.17, 15) is 13.3 Å². The molecule has 134 valence electrons. The average Bonchev–Trinajstić information content (AvgIpc) is 2.59. The van der Waals surface area contributed by atoms with Crippen molar-refractivity contribution in [3.8, 4) is 0 Å². The van der Waals surface area contributed by atoms with Crippen LogP contribution in [0.3, 0.4) is 0 Å². The summed E-state index contributed by atoms with van der Waals surface area (Å²) in [5.74, 6) is 0. The van der Waals surface area contributed by atoms with Crippen molar-refractivity contribution in [2.45, 2.75) is 5.66 Å². The van der Waals surface area contributed by atoms with Gasteiger partial charge in [0.2, 0.25) is 0 Å². The number of pyridine rings is 1. The first kappa shape index (κ1) is 18.9. The molecule has 0 saturated carbocycles. The molecular weight excluding hydrogens is 427 g/mol. The molecule has 0 aliphatic rings. The molecule has 0 atom stereocenters. The highest BCUT2D eigenvalue weighted by Gasteiger charge is 2.51. The van der Waals surface area contributed by atoms with Crippen LogP contribution in [0.1, 0.15) is 16.8 Å². The lowest BCUT2D eigenvalue weighted by Crippen LogP contribution is -2.14. The summed E-state index contributed by atoms with van der Waals surface area (Å²) in [4.78, 5) is 22.2. The highest BCUT2D eigenvalue weighted by Crippen LogP contribution is 2.60. The van der Waals surface area contributed by atoms with E-state index in [1.807, 2.05) is 36.4 Å². The third kappa shape index (κ3) is 3.76. The van der Waals surface area contributed by atoms with Gasteiger partial charge in [0.15, 0.2) is 0 Å². The standard InChI is InChI=1S/C18H13BrF2NO3P/c19-16-10-13-7-9-14(8-6-12-4-2-1-3-5-12)22-17(13)11-15(16)18(20,21)26(23,24)25/h1-11H,(H2,23,24,25)/b8-6+. The molecule has 0 amide bonds. The van der Waals surface area contributed by atoms with Crippen LogP contribution in [0.25, 0.3) is 23.1 Å². The van der Waals surface area contributed by atoms with Gasteiger partial charge in [0.25, 0.3) is 0 Å². The summed E-state index contributed by atoms with van der Waals surface area (Å²) >= 11 is 2.96. The number of benzene rings is 2. The monoisotopic (exact) mass is 439 g/mol. The largest absolute Gasteiger partial charge is 0.399 e. The third-order valence-electron chi connectivity index (χ3n) is 3.74. The van der Waals surface area contributed by atoms with E-state index in [4.69, 9.17) is 9.79 Å². The minimum atomic E-state index is -5.67. The van der Waals surface area contributed by atoms with Gasteiger partial charge in [0, 0.05) is 15.4 Å². The van der Waals surface area contributed by atoms with E-state index in [1.54, 1.807) is 18.2 Å². The van der Waals surface area contributed by atoms with Gasteiger partial charge in [-0.2, -0.15) is 8.78 Å². The minimum absolute atomic E-state index is 0.0901. The van der Waals surface area contributed by atoms with Gasteiger partial charge in [-0.25, -0.2) is 4.98 Å². The molecule has 1 aromatic heterocycles. The summed E-state index contributed by atoms with van der Waals surface area (Å²) in [5.41, 5.74) is -3.40. The number of fused-ring (bicyclic) bond motifs is 1. The Morgan fingerprint density at radius 2 is 1.73 bits per heavy atom. The zero-order valence-corrected chi connectivity index (χ0v) is 15.7. The van der Waals surface area contributed by atoms with Crippen molar-refractivity contribution in [2.24, 2.45) is 0 Å². The molecule has 0 unspecified atom stereocenters. The van der Waals surface area contributed by atoms with Gasteiger partial charge < -0.3 is 9.79 Å². The number of aromatic nitrogens is 1. The number of nitrogens with zero attached hydrogens (tertiary/aromatic N) is 1. The van der Waals surface area contributed by atoms with E-state index in [0.717, 1.165) is 11.6 Å². The fourth-order valence-corrected chi connectivity index (χ4v) is 3.65. The van der Waals surface area contributed by atoms with Crippen molar-refractivity contribution >= 4 is 46.6 Å². The molecule has 3 aromatic rings. The minimum Gasteiger partial charge on any atom is -0.320 e. The summed E-state index contributed by atoms with van der Waals surface area (Å²) in [6, 6.07) is 15.3. The second-order valence-electron chi connectivity index (χ2n) is 5.59. The second-order valence-corrected chi connectivity index (χ2v) is 8.09. The van der Waals surface area contributed by atoms with Crippen molar-refractivity contribution in [1.82, 2.24) is 4.98 Å². The average molecular weight is 440 g/mol. The van der Waals surface area contributed by atoms with Gasteiger partial charge in [0.05, 0.1) is 11.2 Å². The lowest BCUT2D eigenvalue weighted by Gasteiger charge is -2.19. The van der Waals surface area contributed by atoms with Crippen LogP contribution in [-0.2, 0) is 10.2 Å². The molecule has 2 aromatic carbocycles. The van der Waals surface area contributed by atoms with Crippen molar-refractivity contribution in [3.05, 3.63) is 75.9 Å². The van der Waals surface area contributed by atoms with Gasteiger partial charge in [-0.1, -0.05) is 58.4 Å². The van der Waals surface area contributed by atoms with E-state index < -0.39 is 18.8 Å². The highest BCUT2D eigenvalue weighted by atomic mass is 79.9. The summed E-state index contributed by atoms with van der Waals surface area (Å²) in [6.45, 7) is 0. The normalized spacial score (nSPS) is 12.8. The first-order valence-electron chi connectivity index (χ1n) is 7.46. The molecule has 4 nitrogen and oxygen atoms in total. The van der Waals surface area contributed by atoms with E-state index in [1.165, 1.54) is 6.07 Å². The maximum absolute atomic E-state index is 14.1. The highest BCUT2D eigenvalue weighted by molar-refractivity contribution is 9.10. The molecule has 0 saturated heterocycles. The zero-order valence-electron chi connectivity index (χ0n) is 13.2. The molecule has 2 N–H and O–H groups in total. The number of rotatable bonds is 4. The molecular formula is C18H13BrF2NO3P. The molecule has 0 radical (unpaired) electrons. The van der Waals surface area contributed by atoms with Crippen LogP contribution in [0.15, 0.2) is 59.1 Å². The van der Waals surface area contributed by atoms with Gasteiger partial charge in [0.1, 0.15) is 0 Å². The van der Waals surface area contributed by atoms with E-state index in [-0.39, 0.29) is 9.99 Å². The van der Waals surface area contributed by atoms with Gasteiger partial charge in [-0.3, -0.25) is 4.57 Å². The van der Waals surface area contributed by atoms with E-state index in [2.05, 4.69) is 20.9 Å². The topological polar surface area (TPSA) is 70.4 Å². The van der Waals surface area contributed by atoms with Crippen molar-refractivity contribution in [1.29, 1.82) is 0 Å². The first-order valence-corrected chi connectivity index (χ1v) is 9.86. The Balaban J connectivity index is 2.05. The van der Waals surface area contributed by atoms with Crippen LogP contribution in [0, 0.1) is 0 Å². The first-order chi connectivity index (χ1) is 12.2. The Bertz CT molecular complexity index is 1040. The SMILES string of the molecule is O=P(O)(O)C(F)(F)c1cc2nc(/C=C/c3ccccc3)ccc2cc1Br. The summed E-state index contributed by atoms with van der Waals surface area (Å²) in [6.07, 6.45) is 3.57. The van der Waals surface area contributed by atoms with Crippen LogP contribution >= 0.6 is 23.5 Å². The van der Waals surface area contributed by atoms with Crippen LogP contribution in [0.5, 0.6) is 0 Å². The molecule has 0 spiro atoms. The second kappa shape index (κ2) is 7.00. The van der Waals surface area contributed by atoms with Crippen molar-refractivity contribution in [3.63, 3.8) is 0 Å². The Morgan fingerprint density at radius 3 is 2.38 bits per heavy atom. The fourth-order valence-electron chi connectivity index (χ4n) is 2.39. The van der Waals surface area contributed by atoms with Gasteiger partial charge in [-0.05, 0) is 29.8 Å². The maximum atomic E-state index is 14.1. The van der Waals surface area contributed by atoms with Crippen LogP contribution in [0.4, 0.5) is 8.78 Å². The third-order valence-corrected chi connectivity index (χ3v) is 5.36. The molecule has 0 aliphatic heterocycles. The summed E-state index contributed by atoms with van der Waals surface area (Å²) in [5, 5.41) is 0.569. The van der Waals surface area contributed by atoms with Crippen LogP contribution in [0.2, 0.25) is 0 Å². The number of halogens is 3. The quantitative estimate of drug-likeness (QED) is 0.534. The lowest BCUT2D eigenvalue weighted by molar-refractivity contribution is 0.0558. The predicted molar refractivity (Wildman–Crippen MR) is 101 cm³/mol. The summed E-state index contributed by atoms with van der Waals surface area (Å²) < 4.78 is 39.2. The summed E-state index contributed by atoms with van der Waals surface area (Å²) in [7, 11) is -5.67.